The van der Waals surface area contributed by atoms with Crippen LogP contribution in [0.5, 0.6) is 0 Å². The number of aromatic amines is 2. The first-order valence-electron chi connectivity index (χ1n) is 8.78. The summed E-state index contributed by atoms with van der Waals surface area (Å²) in [5.74, 6) is -0.545. The molecule has 29 heavy (non-hydrogen) atoms. The summed E-state index contributed by atoms with van der Waals surface area (Å²) >= 11 is 0. The molecule has 4 aromatic heterocycles. The maximum atomic E-state index is 14.2. The zero-order valence-electron chi connectivity index (χ0n) is 14.8. The number of rotatable bonds is 3. The van der Waals surface area contributed by atoms with E-state index in [0.717, 1.165) is 28.4 Å². The Balaban J connectivity index is 1.61. The van der Waals surface area contributed by atoms with Crippen molar-refractivity contribution in [2.45, 2.75) is 18.3 Å². The Morgan fingerprint density at radius 1 is 1.21 bits per heavy atom. The van der Waals surface area contributed by atoms with E-state index in [4.69, 9.17) is 5.26 Å². The summed E-state index contributed by atoms with van der Waals surface area (Å²) < 4.78 is 15.3. The summed E-state index contributed by atoms with van der Waals surface area (Å²) in [7, 11) is 0. The fourth-order valence-electron chi connectivity index (χ4n) is 3.53. The van der Waals surface area contributed by atoms with Crippen LogP contribution < -0.4 is 11.2 Å². The molecule has 4 aromatic rings. The topological polar surface area (TPSA) is 133 Å². The van der Waals surface area contributed by atoms with Crippen molar-refractivity contribution >= 4 is 5.65 Å². The molecule has 0 unspecified atom stereocenters. The van der Waals surface area contributed by atoms with Crippen LogP contribution in [0.2, 0.25) is 0 Å². The van der Waals surface area contributed by atoms with Gasteiger partial charge in [-0.25, -0.2) is 9.78 Å². The Kier molecular flexibility index (Phi) is 3.64. The lowest BCUT2D eigenvalue weighted by Crippen LogP contribution is -2.23. The molecule has 0 bridgehead atoms. The molecule has 2 atom stereocenters. The van der Waals surface area contributed by atoms with Gasteiger partial charge >= 0.3 is 5.69 Å². The van der Waals surface area contributed by atoms with Crippen molar-refractivity contribution in [2.75, 3.05) is 0 Å². The highest BCUT2D eigenvalue weighted by molar-refractivity contribution is 5.63. The number of halogens is 1. The Morgan fingerprint density at radius 2 is 2.07 bits per heavy atom. The summed E-state index contributed by atoms with van der Waals surface area (Å²) in [4.78, 5) is 36.5. The van der Waals surface area contributed by atoms with Crippen LogP contribution in [-0.2, 0) is 0 Å². The van der Waals surface area contributed by atoms with Crippen LogP contribution in [0.4, 0.5) is 4.39 Å². The molecule has 4 heterocycles. The molecule has 1 fully saturated rings. The summed E-state index contributed by atoms with van der Waals surface area (Å²) in [6, 6.07) is 7.24. The molecule has 0 radical (unpaired) electrons. The van der Waals surface area contributed by atoms with E-state index >= 15 is 0 Å². The van der Waals surface area contributed by atoms with Crippen molar-refractivity contribution in [3.8, 4) is 17.3 Å². The third-order valence-electron chi connectivity index (χ3n) is 5.03. The first kappa shape index (κ1) is 17.0. The Morgan fingerprint density at radius 3 is 2.79 bits per heavy atom. The lowest BCUT2D eigenvalue weighted by Gasteiger charge is -2.07. The second-order valence-corrected chi connectivity index (χ2v) is 6.82. The molecule has 142 valence electrons. The molecular formula is C19H12FN7O2. The van der Waals surface area contributed by atoms with Crippen LogP contribution in [0.15, 0.2) is 46.4 Å². The number of aromatic nitrogens is 6. The number of nitrogens with zero attached hydrogens (tertiary/aromatic N) is 5. The zero-order valence-corrected chi connectivity index (χ0v) is 14.8. The third-order valence-corrected chi connectivity index (χ3v) is 5.03. The SMILES string of the molecule is N#Cc1ccc([C@H]2C[C@@H]2c2cc(-c3c[nH]c(=O)[nH]c3=O)nn3c(F)cnc23)nc1. The molecule has 9 nitrogen and oxygen atoms in total. The van der Waals surface area contributed by atoms with Crippen molar-refractivity contribution in [1.82, 2.24) is 29.5 Å². The standard InChI is InChI=1S/C19H12FN7O2/c20-16-8-23-17-12(10-3-11(10)14-2-1-9(5-21)6-22-14)4-15(26-27(16)17)13-7-24-19(29)25-18(13)28/h1-2,4,6-8,10-11H,3H2,(H2,24,25,28,29)/t10-,11-/m0/s1. The molecule has 0 aliphatic heterocycles. The minimum absolute atomic E-state index is 0.0170. The first-order valence-corrected chi connectivity index (χ1v) is 8.78. The fourth-order valence-corrected chi connectivity index (χ4v) is 3.53. The lowest BCUT2D eigenvalue weighted by molar-refractivity contribution is 0.549. The van der Waals surface area contributed by atoms with Crippen molar-refractivity contribution in [3.63, 3.8) is 0 Å². The maximum Gasteiger partial charge on any atom is 0.325 e. The largest absolute Gasteiger partial charge is 0.325 e. The summed E-state index contributed by atoms with van der Waals surface area (Å²) in [6.45, 7) is 0. The number of hydrogen-bond donors (Lipinski definition) is 2. The third kappa shape index (κ3) is 2.80. The van der Waals surface area contributed by atoms with Crippen LogP contribution >= 0.6 is 0 Å². The van der Waals surface area contributed by atoms with Gasteiger partial charge < -0.3 is 4.98 Å². The molecule has 1 aliphatic carbocycles. The number of imidazole rings is 1. The summed E-state index contributed by atoms with van der Waals surface area (Å²) in [5, 5.41) is 13.1. The highest BCUT2D eigenvalue weighted by Crippen LogP contribution is 2.55. The molecule has 1 saturated carbocycles. The molecule has 0 aromatic carbocycles. The number of nitrogens with one attached hydrogen (secondary N) is 2. The molecule has 5 rings (SSSR count). The second kappa shape index (κ2) is 6.20. The average molecular weight is 389 g/mol. The summed E-state index contributed by atoms with van der Waals surface area (Å²) in [5.41, 5.74) is 1.51. The Bertz CT molecular complexity index is 1410. The van der Waals surface area contributed by atoms with Gasteiger partial charge in [0.05, 0.1) is 23.0 Å². The van der Waals surface area contributed by atoms with Gasteiger partial charge in [0.15, 0.2) is 5.65 Å². The van der Waals surface area contributed by atoms with Crippen molar-refractivity contribution < 1.29 is 4.39 Å². The predicted octanol–water partition coefficient (Wildman–Crippen LogP) is 1.45. The van der Waals surface area contributed by atoms with Crippen molar-refractivity contribution in [3.05, 3.63) is 80.4 Å². The number of H-pyrrole nitrogens is 2. The normalized spacial score (nSPS) is 17.9. The van der Waals surface area contributed by atoms with Crippen LogP contribution in [-0.4, -0.2) is 29.5 Å². The van der Waals surface area contributed by atoms with Gasteiger partial charge in [-0.15, -0.1) is 0 Å². The molecule has 0 spiro atoms. The molecule has 1 aliphatic rings. The van der Waals surface area contributed by atoms with E-state index in [-0.39, 0.29) is 23.1 Å². The van der Waals surface area contributed by atoms with Gasteiger partial charge in [-0.05, 0) is 30.5 Å². The Hall–Kier alpha value is -4.13. The average Bonchev–Trinajstić information content (AvgIpc) is 3.44. The van der Waals surface area contributed by atoms with Crippen LogP contribution in [0.25, 0.3) is 16.9 Å². The van der Waals surface area contributed by atoms with E-state index in [9.17, 15) is 14.0 Å². The molecule has 2 N–H and O–H groups in total. The molecular weight excluding hydrogens is 377 g/mol. The van der Waals surface area contributed by atoms with E-state index in [1.165, 1.54) is 12.4 Å². The molecule has 0 saturated heterocycles. The minimum Gasteiger partial charge on any atom is -0.313 e. The second-order valence-electron chi connectivity index (χ2n) is 6.82. The van der Waals surface area contributed by atoms with Crippen LogP contribution in [0, 0.1) is 17.3 Å². The number of fused-ring (bicyclic) bond motifs is 1. The number of nitriles is 1. The highest BCUT2D eigenvalue weighted by Gasteiger charge is 2.42. The Labute approximate surface area is 161 Å². The molecule has 0 amide bonds. The van der Waals surface area contributed by atoms with Gasteiger partial charge in [-0.2, -0.15) is 19.3 Å². The van der Waals surface area contributed by atoms with Crippen molar-refractivity contribution in [2.24, 2.45) is 0 Å². The van der Waals surface area contributed by atoms with E-state index < -0.39 is 17.2 Å². The highest BCUT2D eigenvalue weighted by atomic mass is 19.1. The van der Waals surface area contributed by atoms with Gasteiger partial charge in [0.1, 0.15) is 6.07 Å². The monoisotopic (exact) mass is 389 g/mol. The van der Waals surface area contributed by atoms with E-state index in [0.29, 0.717) is 11.2 Å². The van der Waals surface area contributed by atoms with E-state index in [2.05, 4.69) is 25.0 Å². The minimum atomic E-state index is -0.655. The number of hydrogen-bond acceptors (Lipinski definition) is 6. The van der Waals surface area contributed by atoms with E-state index in [1.807, 2.05) is 6.07 Å². The quantitative estimate of drug-likeness (QED) is 0.545. The summed E-state index contributed by atoms with van der Waals surface area (Å²) in [6.07, 6.45) is 4.62. The van der Waals surface area contributed by atoms with Crippen molar-refractivity contribution in [1.29, 1.82) is 5.26 Å². The van der Waals surface area contributed by atoms with Crippen LogP contribution in [0.3, 0.4) is 0 Å². The van der Waals surface area contributed by atoms with Gasteiger partial charge in [0.25, 0.3) is 5.56 Å². The predicted molar refractivity (Wildman–Crippen MR) is 98.7 cm³/mol. The number of pyridine rings is 1. The fraction of sp³-hybridized carbons (Fsp3) is 0.158. The smallest absolute Gasteiger partial charge is 0.313 e. The maximum absolute atomic E-state index is 14.2. The van der Waals surface area contributed by atoms with E-state index in [1.54, 1.807) is 18.2 Å². The van der Waals surface area contributed by atoms with Gasteiger partial charge in [-0.1, -0.05) is 0 Å². The van der Waals surface area contributed by atoms with Gasteiger partial charge in [0.2, 0.25) is 5.95 Å². The molecule has 10 heteroatoms. The zero-order chi connectivity index (χ0) is 20.1. The van der Waals surface area contributed by atoms with Gasteiger partial charge in [0, 0.05) is 29.6 Å². The first-order chi connectivity index (χ1) is 14.0. The lowest BCUT2D eigenvalue weighted by atomic mass is 10.1. The van der Waals surface area contributed by atoms with Crippen LogP contribution in [0.1, 0.15) is 35.1 Å². The van der Waals surface area contributed by atoms with Gasteiger partial charge in [-0.3, -0.25) is 14.8 Å².